The van der Waals surface area contributed by atoms with Gasteiger partial charge < -0.3 is 15.5 Å². The van der Waals surface area contributed by atoms with Gasteiger partial charge in [-0.05, 0) is 31.0 Å². The summed E-state index contributed by atoms with van der Waals surface area (Å²) in [7, 11) is 0. The van der Waals surface area contributed by atoms with Crippen molar-refractivity contribution in [2.75, 3.05) is 13.2 Å². The van der Waals surface area contributed by atoms with Gasteiger partial charge in [0.05, 0.1) is 18.8 Å². The van der Waals surface area contributed by atoms with Crippen LogP contribution in [0.5, 0.6) is 0 Å². The lowest BCUT2D eigenvalue weighted by Crippen LogP contribution is -2.54. The van der Waals surface area contributed by atoms with E-state index in [1.54, 1.807) is 13.8 Å². The second-order valence-electron chi connectivity index (χ2n) is 4.07. The summed E-state index contributed by atoms with van der Waals surface area (Å²) in [6, 6.07) is 1.48. The van der Waals surface area contributed by atoms with E-state index in [4.69, 9.17) is 11.6 Å². The van der Waals surface area contributed by atoms with E-state index in [0.717, 1.165) is 0 Å². The van der Waals surface area contributed by atoms with Crippen LogP contribution in [0, 0.1) is 6.92 Å². The first-order valence-corrected chi connectivity index (χ1v) is 5.89. The maximum absolute atomic E-state index is 12.0. The predicted octanol–water partition coefficient (Wildman–Crippen LogP) is 0.302. The lowest BCUT2D eigenvalue weighted by Gasteiger charge is -2.29. The van der Waals surface area contributed by atoms with Crippen LogP contribution in [0.2, 0.25) is 5.28 Å². The highest BCUT2D eigenvalue weighted by Gasteiger charge is 2.29. The van der Waals surface area contributed by atoms with Gasteiger partial charge in [0, 0.05) is 5.69 Å². The average molecular weight is 274 g/mol. The zero-order chi connectivity index (χ0) is 13.8. The number of aliphatic hydroxyl groups excluding tert-OH is 2. The third-order valence-corrected chi connectivity index (χ3v) is 2.89. The number of aryl methyl sites for hydroxylation is 1. The molecule has 0 aliphatic carbocycles. The molecule has 0 spiro atoms. The largest absolute Gasteiger partial charge is 0.394 e. The van der Waals surface area contributed by atoms with E-state index in [-0.39, 0.29) is 24.2 Å². The number of rotatable bonds is 5. The standard InChI is InChI=1S/C11H16ClN3O3/c1-3-11(5-16,6-17)15-9(18)8-4-7(2)13-10(12)14-8/h4,16-17H,3,5-6H2,1-2H3,(H,15,18). The molecule has 0 aliphatic rings. The first-order valence-electron chi connectivity index (χ1n) is 5.52. The molecule has 0 unspecified atom stereocenters. The van der Waals surface area contributed by atoms with Crippen molar-refractivity contribution in [1.29, 1.82) is 0 Å². The molecule has 3 N–H and O–H groups in total. The first-order chi connectivity index (χ1) is 8.46. The number of hydrogen-bond donors (Lipinski definition) is 3. The molecular weight excluding hydrogens is 258 g/mol. The zero-order valence-corrected chi connectivity index (χ0v) is 11.0. The molecule has 1 aromatic rings. The average Bonchev–Trinajstić information content (AvgIpc) is 2.35. The Morgan fingerprint density at radius 2 is 2.06 bits per heavy atom. The smallest absolute Gasteiger partial charge is 0.270 e. The Bertz CT molecular complexity index is 407. The van der Waals surface area contributed by atoms with Crippen molar-refractivity contribution in [2.24, 2.45) is 0 Å². The third kappa shape index (κ3) is 3.38. The van der Waals surface area contributed by atoms with Crippen LogP contribution in [0.15, 0.2) is 6.07 Å². The van der Waals surface area contributed by atoms with Gasteiger partial charge in [-0.15, -0.1) is 0 Å². The summed E-state index contributed by atoms with van der Waals surface area (Å²) in [5, 5.41) is 21.0. The quantitative estimate of drug-likeness (QED) is 0.671. The van der Waals surface area contributed by atoms with Crippen LogP contribution in [0.1, 0.15) is 29.5 Å². The second kappa shape index (κ2) is 6.08. The summed E-state index contributed by atoms with van der Waals surface area (Å²) < 4.78 is 0. The van der Waals surface area contributed by atoms with Crippen molar-refractivity contribution in [1.82, 2.24) is 15.3 Å². The SMILES string of the molecule is CCC(CO)(CO)NC(=O)c1cc(C)nc(Cl)n1. The fourth-order valence-corrected chi connectivity index (χ4v) is 1.62. The fourth-order valence-electron chi connectivity index (χ4n) is 1.39. The van der Waals surface area contributed by atoms with Crippen molar-refractivity contribution < 1.29 is 15.0 Å². The Balaban J connectivity index is 2.94. The number of amides is 1. The highest BCUT2D eigenvalue weighted by Crippen LogP contribution is 2.11. The van der Waals surface area contributed by atoms with Crippen LogP contribution in [0.3, 0.4) is 0 Å². The van der Waals surface area contributed by atoms with E-state index in [9.17, 15) is 15.0 Å². The highest BCUT2D eigenvalue weighted by atomic mass is 35.5. The molecule has 0 atom stereocenters. The molecule has 0 aliphatic heterocycles. The van der Waals surface area contributed by atoms with E-state index in [0.29, 0.717) is 12.1 Å². The molecule has 1 aromatic heterocycles. The molecule has 1 rings (SSSR count). The first kappa shape index (κ1) is 14.8. The minimum atomic E-state index is -1.05. The molecule has 1 heterocycles. The molecule has 0 saturated carbocycles. The van der Waals surface area contributed by atoms with Gasteiger partial charge >= 0.3 is 0 Å². The molecule has 100 valence electrons. The third-order valence-electron chi connectivity index (χ3n) is 2.72. The van der Waals surface area contributed by atoms with Crippen LogP contribution in [0.4, 0.5) is 0 Å². The molecule has 0 fully saturated rings. The monoisotopic (exact) mass is 273 g/mol. The lowest BCUT2D eigenvalue weighted by atomic mass is 9.98. The molecule has 0 aromatic carbocycles. The van der Waals surface area contributed by atoms with E-state index in [2.05, 4.69) is 15.3 Å². The summed E-state index contributed by atoms with van der Waals surface area (Å²) in [5.74, 6) is -0.507. The van der Waals surface area contributed by atoms with Crippen LogP contribution in [-0.4, -0.2) is 44.8 Å². The van der Waals surface area contributed by atoms with E-state index >= 15 is 0 Å². The maximum Gasteiger partial charge on any atom is 0.270 e. The molecule has 1 amide bonds. The van der Waals surface area contributed by atoms with E-state index in [1.807, 2.05) is 0 Å². The number of nitrogens with one attached hydrogen (secondary N) is 1. The van der Waals surface area contributed by atoms with Crippen LogP contribution in [-0.2, 0) is 0 Å². The van der Waals surface area contributed by atoms with Gasteiger partial charge in [-0.1, -0.05) is 6.92 Å². The maximum atomic E-state index is 12.0. The number of carbonyl (C=O) groups is 1. The Labute approximate surface area is 110 Å². The Morgan fingerprint density at radius 1 is 1.44 bits per heavy atom. The Morgan fingerprint density at radius 3 is 2.50 bits per heavy atom. The predicted molar refractivity (Wildman–Crippen MR) is 66.4 cm³/mol. The van der Waals surface area contributed by atoms with Gasteiger partial charge in [-0.3, -0.25) is 4.79 Å². The van der Waals surface area contributed by atoms with Crippen LogP contribution in [0.25, 0.3) is 0 Å². The number of aromatic nitrogens is 2. The molecule has 0 bridgehead atoms. The summed E-state index contributed by atoms with van der Waals surface area (Å²) >= 11 is 5.67. The summed E-state index contributed by atoms with van der Waals surface area (Å²) in [4.78, 5) is 19.6. The molecule has 0 saturated heterocycles. The minimum absolute atomic E-state index is 0.0183. The second-order valence-corrected chi connectivity index (χ2v) is 4.41. The molecule has 7 heteroatoms. The zero-order valence-electron chi connectivity index (χ0n) is 10.3. The van der Waals surface area contributed by atoms with E-state index < -0.39 is 11.4 Å². The van der Waals surface area contributed by atoms with Gasteiger partial charge in [0.2, 0.25) is 5.28 Å². The normalized spacial score (nSPS) is 11.4. The number of aliphatic hydroxyl groups is 2. The Kier molecular flexibility index (Phi) is 5.01. The fraction of sp³-hybridized carbons (Fsp3) is 0.545. The number of halogens is 1. The molecule has 6 nitrogen and oxygen atoms in total. The van der Waals surface area contributed by atoms with Crippen molar-refractivity contribution >= 4 is 17.5 Å². The van der Waals surface area contributed by atoms with Crippen molar-refractivity contribution in [2.45, 2.75) is 25.8 Å². The molecule has 0 radical (unpaired) electrons. The van der Waals surface area contributed by atoms with E-state index in [1.165, 1.54) is 6.07 Å². The Hall–Kier alpha value is -1.24. The summed E-state index contributed by atoms with van der Waals surface area (Å²) in [6.07, 6.45) is 0.392. The summed E-state index contributed by atoms with van der Waals surface area (Å²) in [6.45, 7) is 2.73. The van der Waals surface area contributed by atoms with Crippen LogP contribution < -0.4 is 5.32 Å². The number of carbonyl (C=O) groups excluding carboxylic acids is 1. The molecular formula is C11H16ClN3O3. The summed E-state index contributed by atoms with van der Waals surface area (Å²) in [5.41, 5.74) is -0.384. The highest BCUT2D eigenvalue weighted by molar-refractivity contribution is 6.28. The van der Waals surface area contributed by atoms with Crippen molar-refractivity contribution in [3.05, 3.63) is 22.7 Å². The van der Waals surface area contributed by atoms with Gasteiger partial charge in [-0.25, -0.2) is 9.97 Å². The minimum Gasteiger partial charge on any atom is -0.394 e. The van der Waals surface area contributed by atoms with Gasteiger partial charge in [-0.2, -0.15) is 0 Å². The van der Waals surface area contributed by atoms with Crippen molar-refractivity contribution in [3.63, 3.8) is 0 Å². The van der Waals surface area contributed by atoms with Gasteiger partial charge in [0.1, 0.15) is 5.69 Å². The lowest BCUT2D eigenvalue weighted by molar-refractivity contribution is 0.0649. The van der Waals surface area contributed by atoms with Gasteiger partial charge in [0.15, 0.2) is 0 Å². The topological polar surface area (TPSA) is 95.3 Å². The van der Waals surface area contributed by atoms with Crippen LogP contribution >= 0.6 is 11.6 Å². The van der Waals surface area contributed by atoms with Crippen molar-refractivity contribution in [3.8, 4) is 0 Å². The van der Waals surface area contributed by atoms with Gasteiger partial charge in [0.25, 0.3) is 5.91 Å². The number of hydrogen-bond acceptors (Lipinski definition) is 5. The molecule has 18 heavy (non-hydrogen) atoms. The number of nitrogens with zero attached hydrogens (tertiary/aromatic N) is 2.